The van der Waals surface area contributed by atoms with Crippen molar-refractivity contribution < 1.29 is 9.53 Å². The average Bonchev–Trinajstić information content (AvgIpc) is 2.48. The summed E-state index contributed by atoms with van der Waals surface area (Å²) in [5.74, 6) is 0.667. The van der Waals surface area contributed by atoms with Crippen LogP contribution in [0.5, 0.6) is 0 Å². The maximum Gasteiger partial charge on any atom is 0.262 e. The van der Waals surface area contributed by atoms with Gasteiger partial charge in [0, 0.05) is 13.2 Å². The fourth-order valence-corrected chi connectivity index (χ4v) is 2.88. The molecule has 78 valence electrons. The molecule has 2 aliphatic heterocycles. The molecule has 0 bridgehead atoms. The maximum absolute atomic E-state index is 11.5. The van der Waals surface area contributed by atoms with Crippen molar-refractivity contribution in [3.8, 4) is 0 Å². The van der Waals surface area contributed by atoms with E-state index in [4.69, 9.17) is 4.74 Å². The van der Waals surface area contributed by atoms with Crippen molar-refractivity contribution in [1.29, 1.82) is 0 Å². The summed E-state index contributed by atoms with van der Waals surface area (Å²) in [6, 6.07) is 0. The minimum Gasteiger partial charge on any atom is -0.381 e. The summed E-state index contributed by atoms with van der Waals surface area (Å²) in [5, 5.41) is 0. The summed E-state index contributed by atoms with van der Waals surface area (Å²) in [5.41, 5.74) is 1.68. The zero-order chi connectivity index (χ0) is 10.0. The fourth-order valence-electron chi connectivity index (χ4n) is 2.01. The number of hydrogen-bond acceptors (Lipinski definition) is 3. The van der Waals surface area contributed by atoms with Gasteiger partial charge in [0.1, 0.15) is 0 Å². The smallest absolute Gasteiger partial charge is 0.262 e. The molecule has 1 saturated heterocycles. The Balaban J connectivity index is 1.92. The van der Waals surface area contributed by atoms with E-state index >= 15 is 0 Å². The van der Waals surface area contributed by atoms with Crippen molar-refractivity contribution in [3.63, 3.8) is 0 Å². The zero-order valence-corrected chi connectivity index (χ0v) is 9.18. The lowest BCUT2D eigenvalue weighted by Gasteiger charge is -2.28. The van der Waals surface area contributed by atoms with E-state index < -0.39 is 0 Å². The molecule has 0 spiro atoms. The van der Waals surface area contributed by atoms with Crippen LogP contribution in [0.25, 0.3) is 0 Å². The lowest BCUT2D eigenvalue weighted by Crippen LogP contribution is -2.32. The Morgan fingerprint density at radius 3 is 2.93 bits per heavy atom. The van der Waals surface area contributed by atoms with Crippen molar-refractivity contribution in [2.45, 2.75) is 30.9 Å². The van der Waals surface area contributed by atoms with Crippen LogP contribution < -0.4 is 0 Å². The first-order valence-corrected chi connectivity index (χ1v) is 5.91. The highest BCUT2D eigenvalue weighted by molar-refractivity contribution is 8.14. The molecule has 0 saturated carbocycles. The minimum atomic E-state index is -0.290. The van der Waals surface area contributed by atoms with Gasteiger partial charge in [0.25, 0.3) is 5.91 Å². The summed E-state index contributed by atoms with van der Waals surface area (Å²) in [7, 11) is 0. The summed E-state index contributed by atoms with van der Waals surface area (Å²) in [6.07, 6.45) is 3.12. The van der Waals surface area contributed by atoms with Crippen LogP contribution in [0.4, 0.5) is 0 Å². The molecular weight excluding hydrogens is 198 g/mol. The van der Waals surface area contributed by atoms with Gasteiger partial charge in [0.05, 0.1) is 10.3 Å². The van der Waals surface area contributed by atoms with Crippen LogP contribution in [0.15, 0.2) is 4.99 Å². The van der Waals surface area contributed by atoms with Crippen molar-refractivity contribution in [1.82, 2.24) is 0 Å². The van der Waals surface area contributed by atoms with Gasteiger partial charge in [-0.15, -0.1) is 0 Å². The minimum absolute atomic E-state index is 0.0361. The van der Waals surface area contributed by atoms with Crippen molar-refractivity contribution >= 4 is 23.2 Å². The average molecular weight is 213 g/mol. The number of hydrogen-bond donors (Lipinski definition) is 0. The SMILES string of the molecule is CC1(CC2CCOCC2)SC=NC1=O. The second-order valence-corrected chi connectivity index (χ2v) is 5.50. The number of amides is 1. The lowest BCUT2D eigenvalue weighted by atomic mass is 9.89. The Labute approximate surface area is 88.3 Å². The number of nitrogens with zero attached hydrogens (tertiary/aromatic N) is 1. The summed E-state index contributed by atoms with van der Waals surface area (Å²) in [6.45, 7) is 3.70. The van der Waals surface area contributed by atoms with E-state index in [0.29, 0.717) is 5.92 Å². The van der Waals surface area contributed by atoms with E-state index in [1.54, 1.807) is 17.3 Å². The third kappa shape index (κ3) is 2.01. The first-order chi connectivity index (χ1) is 6.71. The largest absolute Gasteiger partial charge is 0.381 e. The van der Waals surface area contributed by atoms with E-state index in [-0.39, 0.29) is 10.7 Å². The number of aliphatic imine (C=N–C) groups is 1. The molecule has 3 nitrogen and oxygen atoms in total. The van der Waals surface area contributed by atoms with Gasteiger partial charge in [-0.25, -0.2) is 4.99 Å². The highest BCUT2D eigenvalue weighted by atomic mass is 32.2. The van der Waals surface area contributed by atoms with Crippen LogP contribution in [-0.2, 0) is 9.53 Å². The number of carbonyl (C=O) groups is 1. The molecule has 0 N–H and O–H groups in total. The molecule has 2 rings (SSSR count). The first-order valence-electron chi connectivity index (χ1n) is 5.03. The molecule has 0 radical (unpaired) electrons. The molecule has 0 aromatic heterocycles. The number of ether oxygens (including phenoxy) is 1. The molecule has 1 fully saturated rings. The second-order valence-electron chi connectivity index (χ2n) is 4.15. The van der Waals surface area contributed by atoms with Gasteiger partial charge in [-0.3, -0.25) is 4.79 Å². The van der Waals surface area contributed by atoms with E-state index in [1.165, 1.54) is 0 Å². The highest BCUT2D eigenvalue weighted by Crippen LogP contribution is 2.38. The molecule has 1 amide bonds. The van der Waals surface area contributed by atoms with Gasteiger partial charge in [-0.1, -0.05) is 11.8 Å². The topological polar surface area (TPSA) is 38.7 Å². The van der Waals surface area contributed by atoms with Gasteiger partial charge in [0.2, 0.25) is 0 Å². The van der Waals surface area contributed by atoms with Crippen LogP contribution in [0.1, 0.15) is 26.2 Å². The molecule has 2 heterocycles. The maximum atomic E-state index is 11.5. The molecule has 14 heavy (non-hydrogen) atoms. The molecule has 0 aromatic carbocycles. The van der Waals surface area contributed by atoms with Gasteiger partial charge in [0.15, 0.2) is 0 Å². The lowest BCUT2D eigenvalue weighted by molar-refractivity contribution is -0.120. The van der Waals surface area contributed by atoms with Crippen LogP contribution in [0.2, 0.25) is 0 Å². The van der Waals surface area contributed by atoms with Crippen LogP contribution in [0.3, 0.4) is 0 Å². The molecule has 0 aliphatic carbocycles. The Morgan fingerprint density at radius 2 is 2.36 bits per heavy atom. The Kier molecular flexibility index (Phi) is 2.93. The van der Waals surface area contributed by atoms with Crippen molar-refractivity contribution in [2.75, 3.05) is 13.2 Å². The monoisotopic (exact) mass is 213 g/mol. The Bertz CT molecular complexity index is 261. The van der Waals surface area contributed by atoms with E-state index in [0.717, 1.165) is 32.5 Å². The predicted octanol–water partition coefficient (Wildman–Crippen LogP) is 1.86. The van der Waals surface area contributed by atoms with Crippen LogP contribution in [0, 0.1) is 5.92 Å². The molecule has 2 aliphatic rings. The normalized spacial score (nSPS) is 33.9. The molecule has 0 aromatic rings. The van der Waals surface area contributed by atoms with Gasteiger partial charge in [-0.2, -0.15) is 0 Å². The second kappa shape index (κ2) is 4.03. The molecule has 1 unspecified atom stereocenters. The van der Waals surface area contributed by atoms with Crippen molar-refractivity contribution in [2.24, 2.45) is 10.9 Å². The Morgan fingerprint density at radius 1 is 1.64 bits per heavy atom. The van der Waals surface area contributed by atoms with Crippen LogP contribution in [-0.4, -0.2) is 29.4 Å². The quantitative estimate of drug-likeness (QED) is 0.703. The number of rotatable bonds is 2. The first kappa shape index (κ1) is 10.2. The Hall–Kier alpha value is -0.350. The third-order valence-corrected chi connectivity index (χ3v) is 4.03. The van der Waals surface area contributed by atoms with Gasteiger partial charge < -0.3 is 4.74 Å². The summed E-state index contributed by atoms with van der Waals surface area (Å²) in [4.78, 5) is 15.3. The molecule has 1 atom stereocenters. The fraction of sp³-hybridized carbons (Fsp3) is 0.800. The van der Waals surface area contributed by atoms with Gasteiger partial charge in [-0.05, 0) is 32.1 Å². The van der Waals surface area contributed by atoms with E-state index in [9.17, 15) is 4.79 Å². The van der Waals surface area contributed by atoms with E-state index in [2.05, 4.69) is 4.99 Å². The predicted molar refractivity (Wildman–Crippen MR) is 57.7 cm³/mol. The number of carbonyl (C=O) groups excluding carboxylic acids is 1. The van der Waals surface area contributed by atoms with Crippen molar-refractivity contribution in [3.05, 3.63) is 0 Å². The standard InChI is InChI=1S/C10H15NO2S/c1-10(9(12)11-7-14-10)6-8-2-4-13-5-3-8/h7-8H,2-6H2,1H3. The summed E-state index contributed by atoms with van der Waals surface area (Å²) < 4.78 is 5.01. The number of thioether (sulfide) groups is 1. The highest BCUT2D eigenvalue weighted by Gasteiger charge is 2.39. The van der Waals surface area contributed by atoms with Gasteiger partial charge >= 0.3 is 0 Å². The zero-order valence-electron chi connectivity index (χ0n) is 8.36. The molecule has 4 heteroatoms. The van der Waals surface area contributed by atoms with Crippen LogP contribution >= 0.6 is 11.8 Å². The third-order valence-electron chi connectivity index (χ3n) is 2.95. The van der Waals surface area contributed by atoms with E-state index in [1.807, 2.05) is 6.92 Å². The molecular formula is C10H15NO2S. The summed E-state index contributed by atoms with van der Waals surface area (Å²) >= 11 is 1.56.